The molecule has 0 unspecified atom stereocenters. The van der Waals surface area contributed by atoms with Gasteiger partial charge in [-0.15, -0.1) is 11.3 Å². The van der Waals surface area contributed by atoms with Crippen LogP contribution in [-0.2, 0) is 9.47 Å². The van der Waals surface area contributed by atoms with Gasteiger partial charge in [0, 0.05) is 31.7 Å². The minimum absolute atomic E-state index is 0.0145. The largest absolute Gasteiger partial charge is 0.381 e. The maximum atomic E-state index is 12.6. The summed E-state index contributed by atoms with van der Waals surface area (Å²) in [5.74, 6) is 0.157. The molecule has 116 valence electrons. The quantitative estimate of drug-likeness (QED) is 0.858. The van der Waals surface area contributed by atoms with Crippen molar-refractivity contribution in [3.8, 4) is 0 Å². The van der Waals surface area contributed by atoms with E-state index in [4.69, 9.17) is 9.47 Å². The molecule has 2 aliphatic heterocycles. The summed E-state index contributed by atoms with van der Waals surface area (Å²) in [7, 11) is 0. The molecule has 0 aliphatic carbocycles. The molecule has 0 saturated carbocycles. The normalized spacial score (nSPS) is 29.2. The molecule has 1 aromatic rings. The SMILES string of the molecule is CCOC[C@@]12CCCO[C@@H]1CCN(C(=O)c1cccs1)C2. The fourth-order valence-electron chi connectivity index (χ4n) is 3.54. The van der Waals surface area contributed by atoms with Crippen molar-refractivity contribution in [2.45, 2.75) is 32.3 Å². The van der Waals surface area contributed by atoms with Crippen LogP contribution < -0.4 is 0 Å². The molecule has 1 aromatic heterocycles. The number of piperidine rings is 1. The molecule has 4 nitrogen and oxygen atoms in total. The molecular formula is C16H23NO3S. The third-order valence-electron chi connectivity index (χ3n) is 4.60. The van der Waals surface area contributed by atoms with E-state index < -0.39 is 0 Å². The smallest absolute Gasteiger partial charge is 0.263 e. The van der Waals surface area contributed by atoms with Crippen molar-refractivity contribution in [1.82, 2.24) is 4.90 Å². The molecule has 0 spiro atoms. The van der Waals surface area contributed by atoms with Crippen molar-refractivity contribution in [3.05, 3.63) is 22.4 Å². The lowest BCUT2D eigenvalue weighted by Crippen LogP contribution is -2.58. The highest BCUT2D eigenvalue weighted by Crippen LogP contribution is 2.40. The van der Waals surface area contributed by atoms with Crippen molar-refractivity contribution in [3.63, 3.8) is 0 Å². The summed E-state index contributed by atoms with van der Waals surface area (Å²) in [6.07, 6.45) is 3.31. The van der Waals surface area contributed by atoms with Crippen LogP contribution in [0, 0.1) is 5.41 Å². The number of hydrogen-bond acceptors (Lipinski definition) is 4. The first kappa shape index (κ1) is 15.0. The Kier molecular flexibility index (Phi) is 4.62. The van der Waals surface area contributed by atoms with E-state index in [0.29, 0.717) is 13.2 Å². The summed E-state index contributed by atoms with van der Waals surface area (Å²) >= 11 is 1.52. The Morgan fingerprint density at radius 3 is 3.29 bits per heavy atom. The lowest BCUT2D eigenvalue weighted by atomic mass is 9.73. The molecule has 0 N–H and O–H groups in total. The van der Waals surface area contributed by atoms with Crippen LogP contribution in [0.15, 0.2) is 17.5 Å². The van der Waals surface area contributed by atoms with Crippen molar-refractivity contribution in [2.24, 2.45) is 5.41 Å². The van der Waals surface area contributed by atoms with Gasteiger partial charge in [-0.3, -0.25) is 4.79 Å². The Labute approximate surface area is 130 Å². The summed E-state index contributed by atoms with van der Waals surface area (Å²) in [6, 6.07) is 3.84. The minimum atomic E-state index is -0.0145. The van der Waals surface area contributed by atoms with Gasteiger partial charge in [0.2, 0.25) is 0 Å². The van der Waals surface area contributed by atoms with E-state index in [1.54, 1.807) is 0 Å². The molecule has 2 saturated heterocycles. The molecule has 5 heteroatoms. The van der Waals surface area contributed by atoms with Crippen molar-refractivity contribution in [1.29, 1.82) is 0 Å². The van der Waals surface area contributed by atoms with E-state index in [1.165, 1.54) is 11.3 Å². The molecule has 0 radical (unpaired) electrons. The number of rotatable bonds is 4. The highest BCUT2D eigenvalue weighted by atomic mass is 32.1. The van der Waals surface area contributed by atoms with E-state index in [9.17, 15) is 4.79 Å². The van der Waals surface area contributed by atoms with Crippen molar-refractivity contribution in [2.75, 3.05) is 32.9 Å². The Morgan fingerprint density at radius 2 is 2.52 bits per heavy atom. The summed E-state index contributed by atoms with van der Waals surface area (Å²) in [5.41, 5.74) is -0.0145. The molecule has 1 amide bonds. The standard InChI is InChI=1S/C16H23NO3S/c1-2-19-12-16-7-4-9-20-14(16)6-8-17(11-16)15(18)13-5-3-10-21-13/h3,5,10,14H,2,4,6-9,11-12H2,1H3/t14-,16+/m1/s1. The molecular weight excluding hydrogens is 286 g/mol. The van der Waals surface area contributed by atoms with Gasteiger partial charge in [0.25, 0.3) is 5.91 Å². The van der Waals surface area contributed by atoms with Crippen molar-refractivity contribution >= 4 is 17.2 Å². The minimum Gasteiger partial charge on any atom is -0.381 e. The second-order valence-corrected chi connectivity index (χ2v) is 6.90. The van der Waals surface area contributed by atoms with Crippen molar-refractivity contribution < 1.29 is 14.3 Å². The number of carbonyl (C=O) groups is 1. The predicted octanol–water partition coefficient (Wildman–Crippen LogP) is 2.80. The van der Waals surface area contributed by atoms with E-state index in [1.807, 2.05) is 29.3 Å². The van der Waals surface area contributed by atoms with Crippen LogP contribution >= 0.6 is 11.3 Å². The first-order chi connectivity index (χ1) is 10.2. The Bertz CT molecular complexity index is 476. The van der Waals surface area contributed by atoms with Gasteiger partial charge >= 0.3 is 0 Å². The fraction of sp³-hybridized carbons (Fsp3) is 0.688. The molecule has 2 atom stereocenters. The second kappa shape index (κ2) is 6.46. The first-order valence-electron chi connectivity index (χ1n) is 7.77. The molecule has 3 rings (SSSR count). The maximum absolute atomic E-state index is 12.6. The van der Waals surface area contributed by atoms with Crippen LogP contribution in [0.1, 0.15) is 35.9 Å². The van der Waals surface area contributed by atoms with E-state index in [0.717, 1.165) is 43.8 Å². The molecule has 2 fully saturated rings. The fourth-order valence-corrected chi connectivity index (χ4v) is 4.23. The molecule has 3 heterocycles. The van der Waals surface area contributed by atoms with Gasteiger partial charge in [-0.2, -0.15) is 0 Å². The van der Waals surface area contributed by atoms with E-state index >= 15 is 0 Å². The molecule has 0 aromatic carbocycles. The molecule has 2 aliphatic rings. The van der Waals surface area contributed by atoms with Gasteiger partial charge < -0.3 is 14.4 Å². The topological polar surface area (TPSA) is 38.8 Å². The number of amides is 1. The zero-order valence-corrected chi connectivity index (χ0v) is 13.4. The number of ether oxygens (including phenoxy) is 2. The second-order valence-electron chi connectivity index (χ2n) is 5.96. The van der Waals surface area contributed by atoms with Gasteiger partial charge in [0.1, 0.15) is 0 Å². The van der Waals surface area contributed by atoms with Gasteiger partial charge in [-0.25, -0.2) is 0 Å². The van der Waals surface area contributed by atoms with E-state index in [2.05, 4.69) is 0 Å². The first-order valence-corrected chi connectivity index (χ1v) is 8.65. The van der Waals surface area contributed by atoms with Gasteiger partial charge in [0.05, 0.1) is 17.6 Å². The maximum Gasteiger partial charge on any atom is 0.263 e. The summed E-state index contributed by atoms with van der Waals surface area (Å²) in [6.45, 7) is 5.82. The average Bonchev–Trinajstić information content (AvgIpc) is 3.06. The van der Waals surface area contributed by atoms with Gasteiger partial charge in [-0.1, -0.05) is 6.07 Å². The Morgan fingerprint density at radius 1 is 1.62 bits per heavy atom. The highest BCUT2D eigenvalue weighted by Gasteiger charge is 2.47. The van der Waals surface area contributed by atoms with Gasteiger partial charge in [-0.05, 0) is 37.6 Å². The number of fused-ring (bicyclic) bond motifs is 1. The summed E-state index contributed by atoms with van der Waals surface area (Å²) in [4.78, 5) is 15.4. The van der Waals surface area contributed by atoms with Crippen LogP contribution in [0.3, 0.4) is 0 Å². The summed E-state index contributed by atoms with van der Waals surface area (Å²) in [5, 5.41) is 1.96. The molecule has 21 heavy (non-hydrogen) atoms. The molecule has 0 bridgehead atoms. The monoisotopic (exact) mass is 309 g/mol. The highest BCUT2D eigenvalue weighted by molar-refractivity contribution is 7.12. The van der Waals surface area contributed by atoms with Crippen LogP contribution in [0.25, 0.3) is 0 Å². The summed E-state index contributed by atoms with van der Waals surface area (Å²) < 4.78 is 11.7. The van der Waals surface area contributed by atoms with Crippen LogP contribution in [-0.4, -0.2) is 49.8 Å². The number of carbonyl (C=O) groups excluding carboxylic acids is 1. The van der Waals surface area contributed by atoms with Crippen LogP contribution in [0.4, 0.5) is 0 Å². The number of thiophene rings is 1. The lowest BCUT2D eigenvalue weighted by Gasteiger charge is -2.50. The third-order valence-corrected chi connectivity index (χ3v) is 5.46. The Hall–Kier alpha value is -0.910. The predicted molar refractivity (Wildman–Crippen MR) is 82.7 cm³/mol. The zero-order valence-electron chi connectivity index (χ0n) is 12.5. The zero-order chi connectivity index (χ0) is 14.7. The number of nitrogens with zero attached hydrogens (tertiary/aromatic N) is 1. The van der Waals surface area contributed by atoms with Gasteiger partial charge in [0.15, 0.2) is 0 Å². The number of hydrogen-bond donors (Lipinski definition) is 0. The van der Waals surface area contributed by atoms with Crippen LogP contribution in [0.2, 0.25) is 0 Å². The average molecular weight is 309 g/mol. The Balaban J connectivity index is 1.76. The van der Waals surface area contributed by atoms with Crippen LogP contribution in [0.5, 0.6) is 0 Å². The third kappa shape index (κ3) is 3.00. The van der Waals surface area contributed by atoms with E-state index in [-0.39, 0.29) is 17.4 Å². The lowest BCUT2D eigenvalue weighted by molar-refractivity contribution is -0.145. The number of likely N-dealkylation sites (tertiary alicyclic amines) is 1.